The van der Waals surface area contributed by atoms with Crippen molar-refractivity contribution in [1.82, 2.24) is 0 Å². The van der Waals surface area contributed by atoms with E-state index in [1.54, 1.807) is 0 Å². The van der Waals surface area contributed by atoms with Crippen molar-refractivity contribution in [2.24, 2.45) is 22.9 Å². The monoisotopic (exact) mass is 176 g/mol. The second-order valence-electron chi connectivity index (χ2n) is 2.97. The zero-order chi connectivity index (χ0) is 8.69. The van der Waals surface area contributed by atoms with Crippen molar-refractivity contribution in [3.8, 4) is 0 Å². The van der Waals surface area contributed by atoms with Gasteiger partial charge in [0.2, 0.25) is 0 Å². The van der Waals surface area contributed by atoms with E-state index in [1.807, 2.05) is 0 Å². The highest BCUT2D eigenvalue weighted by atomic mass is 28.2. The molecule has 0 radical (unpaired) electrons. The Labute approximate surface area is 70.5 Å². The van der Waals surface area contributed by atoms with Gasteiger partial charge in [-0.05, 0) is 12.8 Å². The lowest BCUT2D eigenvalue weighted by Crippen LogP contribution is -2.31. The summed E-state index contributed by atoms with van der Waals surface area (Å²) in [4.78, 5) is 0. The van der Waals surface area contributed by atoms with Crippen LogP contribution in [0.2, 0.25) is 12.1 Å². The van der Waals surface area contributed by atoms with E-state index in [-0.39, 0.29) is 21.9 Å². The summed E-state index contributed by atoms with van der Waals surface area (Å²) in [7, 11) is 0.00571. The lowest BCUT2D eigenvalue weighted by atomic mass is 10.4. The minimum absolute atomic E-state index is 0.00571. The van der Waals surface area contributed by atoms with Gasteiger partial charge in [-0.2, -0.15) is 0 Å². The Morgan fingerprint density at radius 3 is 1.45 bits per heavy atom. The molecule has 0 fully saturated rings. The first-order chi connectivity index (χ1) is 5.13. The summed E-state index contributed by atoms with van der Waals surface area (Å²) < 4.78 is 0. The van der Waals surface area contributed by atoms with Gasteiger partial charge in [-0.3, -0.25) is 0 Å². The summed E-state index contributed by atoms with van der Waals surface area (Å²) in [6.45, 7) is 0. The van der Waals surface area contributed by atoms with E-state index in [1.165, 1.54) is 12.1 Å². The third kappa shape index (κ3) is 10.1. The molecule has 0 heterocycles. The highest BCUT2D eigenvalue weighted by Gasteiger charge is 1.97. The van der Waals surface area contributed by atoms with E-state index in [0.29, 0.717) is 0 Å². The molecule has 0 unspecified atom stereocenters. The molecule has 5 heteroatoms. The first-order valence-electron chi connectivity index (χ1n) is 4.15. The number of nitrogens with two attached hydrogens (primary N) is 4. The molecule has 0 aliphatic carbocycles. The average molecular weight is 176 g/mol. The molecule has 0 saturated carbocycles. The molecule has 0 rings (SSSR count). The number of rotatable bonds is 6. The molecule has 68 valence electrons. The van der Waals surface area contributed by atoms with E-state index < -0.39 is 0 Å². The summed E-state index contributed by atoms with van der Waals surface area (Å²) in [6.07, 6.45) is 1.64. The lowest BCUT2D eigenvalue weighted by molar-refractivity contribution is 0.666. The predicted molar refractivity (Wildman–Crippen MR) is 51.7 cm³/mol. The van der Waals surface area contributed by atoms with Crippen molar-refractivity contribution in [3.05, 3.63) is 0 Å². The van der Waals surface area contributed by atoms with Crippen molar-refractivity contribution < 1.29 is 0 Å². The van der Waals surface area contributed by atoms with Crippen LogP contribution in [-0.2, 0) is 0 Å². The Bertz CT molecular complexity index is 76.7. The highest BCUT2D eigenvalue weighted by Crippen LogP contribution is 1.96. The minimum Gasteiger partial charge on any atom is -0.316 e. The summed E-state index contributed by atoms with van der Waals surface area (Å²) >= 11 is 0. The maximum Gasteiger partial charge on any atom is 0.0517 e. The minimum atomic E-state index is -0.131. The van der Waals surface area contributed by atoms with Crippen molar-refractivity contribution >= 4 is 9.52 Å². The zero-order valence-corrected chi connectivity index (χ0v) is 8.41. The van der Waals surface area contributed by atoms with Crippen molar-refractivity contribution in [1.29, 1.82) is 0 Å². The van der Waals surface area contributed by atoms with E-state index in [4.69, 9.17) is 22.9 Å². The molecule has 0 amide bonds. The second-order valence-corrected chi connectivity index (χ2v) is 5.09. The quantitative estimate of drug-likeness (QED) is 0.219. The van der Waals surface area contributed by atoms with Gasteiger partial charge >= 0.3 is 0 Å². The van der Waals surface area contributed by atoms with Crippen LogP contribution in [0.1, 0.15) is 12.8 Å². The van der Waals surface area contributed by atoms with E-state index in [0.717, 1.165) is 12.8 Å². The first-order valence-corrected chi connectivity index (χ1v) is 6.15. The van der Waals surface area contributed by atoms with Gasteiger partial charge in [-0.15, -0.1) is 0 Å². The van der Waals surface area contributed by atoms with Crippen LogP contribution in [0.5, 0.6) is 0 Å². The average Bonchev–Trinajstić information content (AvgIpc) is 1.85. The summed E-state index contributed by atoms with van der Waals surface area (Å²) in [5, 5.41) is 0. The molecule has 0 aliphatic heterocycles. The highest BCUT2D eigenvalue weighted by molar-refractivity contribution is 6.35. The van der Waals surface area contributed by atoms with E-state index >= 15 is 0 Å². The standard InChI is InChI=1S/C6H20N4Si/c7-5(8)1-3-11-4-2-6(9)10/h5-6H,1-4,7-11H2. The predicted octanol–water partition coefficient (Wildman–Crippen LogP) is -1.74. The van der Waals surface area contributed by atoms with Crippen LogP contribution in [0.15, 0.2) is 0 Å². The fraction of sp³-hybridized carbons (Fsp3) is 1.00. The molecule has 0 atom stereocenters. The number of hydrogen-bond donors (Lipinski definition) is 4. The maximum absolute atomic E-state index is 5.39. The fourth-order valence-electron chi connectivity index (χ4n) is 0.937. The third-order valence-electron chi connectivity index (χ3n) is 1.57. The molecule has 0 spiro atoms. The maximum atomic E-state index is 5.39. The molecule has 8 N–H and O–H groups in total. The zero-order valence-electron chi connectivity index (χ0n) is 7.00. The van der Waals surface area contributed by atoms with Gasteiger partial charge in [-0.25, -0.2) is 0 Å². The first kappa shape index (κ1) is 11.1. The summed E-state index contributed by atoms with van der Waals surface area (Å²) in [5.41, 5.74) is 21.5. The van der Waals surface area contributed by atoms with E-state index in [2.05, 4.69) is 0 Å². The van der Waals surface area contributed by atoms with Crippen molar-refractivity contribution in [2.75, 3.05) is 0 Å². The normalized spacial score (nSPS) is 11.5. The molecule has 0 saturated heterocycles. The Kier molecular flexibility index (Phi) is 6.78. The van der Waals surface area contributed by atoms with Crippen LogP contribution in [-0.4, -0.2) is 21.9 Å². The Morgan fingerprint density at radius 2 is 1.18 bits per heavy atom. The van der Waals surface area contributed by atoms with Gasteiger partial charge in [0.25, 0.3) is 0 Å². The van der Waals surface area contributed by atoms with Crippen LogP contribution in [0, 0.1) is 0 Å². The molecule has 0 aromatic heterocycles. The largest absolute Gasteiger partial charge is 0.316 e. The summed E-state index contributed by atoms with van der Waals surface area (Å²) in [5.74, 6) is 0. The van der Waals surface area contributed by atoms with Crippen LogP contribution >= 0.6 is 0 Å². The smallest absolute Gasteiger partial charge is 0.0517 e. The van der Waals surface area contributed by atoms with Crippen LogP contribution in [0.4, 0.5) is 0 Å². The topological polar surface area (TPSA) is 104 Å². The van der Waals surface area contributed by atoms with Crippen LogP contribution in [0.3, 0.4) is 0 Å². The van der Waals surface area contributed by atoms with Gasteiger partial charge in [-0.1, -0.05) is 12.1 Å². The van der Waals surface area contributed by atoms with Crippen LogP contribution in [0.25, 0.3) is 0 Å². The van der Waals surface area contributed by atoms with Gasteiger partial charge in [0.1, 0.15) is 0 Å². The van der Waals surface area contributed by atoms with Gasteiger partial charge in [0, 0.05) is 9.52 Å². The summed E-state index contributed by atoms with van der Waals surface area (Å²) in [6, 6.07) is 2.43. The Balaban J connectivity index is 2.91. The van der Waals surface area contributed by atoms with Gasteiger partial charge in [0.15, 0.2) is 0 Å². The van der Waals surface area contributed by atoms with E-state index in [9.17, 15) is 0 Å². The Morgan fingerprint density at radius 1 is 0.818 bits per heavy atom. The second kappa shape index (κ2) is 6.75. The lowest BCUT2D eigenvalue weighted by Gasteiger charge is -2.05. The van der Waals surface area contributed by atoms with Crippen LogP contribution < -0.4 is 22.9 Å². The molecule has 0 aromatic carbocycles. The Hall–Kier alpha value is 0.0569. The third-order valence-corrected chi connectivity index (χ3v) is 3.39. The molecular weight excluding hydrogens is 156 g/mol. The SMILES string of the molecule is NC(N)CC[SiH2]CCC(N)N. The number of hydrogen-bond acceptors (Lipinski definition) is 4. The fourth-order valence-corrected chi connectivity index (χ4v) is 2.81. The molecule has 4 nitrogen and oxygen atoms in total. The molecule has 0 aliphatic rings. The molecule has 0 bridgehead atoms. The van der Waals surface area contributed by atoms with Gasteiger partial charge < -0.3 is 22.9 Å². The van der Waals surface area contributed by atoms with Crippen molar-refractivity contribution in [3.63, 3.8) is 0 Å². The van der Waals surface area contributed by atoms with Gasteiger partial charge in [0.05, 0.1) is 12.3 Å². The molecular formula is C6H20N4Si. The van der Waals surface area contributed by atoms with Crippen molar-refractivity contribution in [2.45, 2.75) is 37.3 Å². The molecule has 0 aromatic rings. The molecule has 11 heavy (non-hydrogen) atoms.